The maximum absolute atomic E-state index is 12.1. The zero-order valence-electron chi connectivity index (χ0n) is 8.18. The Hall–Kier alpha value is -0.970. The Kier molecular flexibility index (Phi) is 3.79. The number of halogens is 3. The van der Waals surface area contributed by atoms with E-state index in [4.69, 9.17) is 0 Å². The number of carbonyl (C=O) groups excluding carboxylic acids is 1. The Bertz CT molecular complexity index is 391. The van der Waals surface area contributed by atoms with E-state index in [1.807, 2.05) is 0 Å². The van der Waals surface area contributed by atoms with Gasteiger partial charge in [0.05, 0.1) is 5.56 Å². The number of hydrogen-bond acceptors (Lipinski definition) is 2. The minimum absolute atomic E-state index is 0.0850. The molecule has 0 atom stereocenters. The summed E-state index contributed by atoms with van der Waals surface area (Å²) in [4.78, 5) is 11.2. The lowest BCUT2D eigenvalue weighted by atomic mass is 10.1. The highest BCUT2D eigenvalue weighted by atomic mass is 79.9. The number of hydrogen-bond donors (Lipinski definition) is 0. The summed E-state index contributed by atoms with van der Waals surface area (Å²) < 4.78 is 29.1. The zero-order valence-corrected chi connectivity index (χ0v) is 9.77. The molecule has 0 amide bonds. The first kappa shape index (κ1) is 12.1. The van der Waals surface area contributed by atoms with Crippen LogP contribution in [0.4, 0.5) is 8.78 Å². The topological polar surface area (TPSA) is 26.3 Å². The van der Waals surface area contributed by atoms with Gasteiger partial charge in [-0.1, -0.05) is 15.9 Å². The van der Waals surface area contributed by atoms with Gasteiger partial charge in [0.2, 0.25) is 0 Å². The molecule has 0 saturated heterocycles. The molecule has 15 heavy (non-hydrogen) atoms. The Morgan fingerprint density at radius 2 is 2.07 bits per heavy atom. The Morgan fingerprint density at radius 3 is 2.53 bits per heavy atom. The number of carbonyl (C=O) groups is 1. The van der Waals surface area contributed by atoms with Gasteiger partial charge < -0.3 is 4.74 Å². The Balaban J connectivity index is 3.22. The molecule has 1 aromatic carbocycles. The summed E-state index contributed by atoms with van der Waals surface area (Å²) in [5, 5.41) is 0. The van der Waals surface area contributed by atoms with Gasteiger partial charge in [-0.25, -0.2) is 0 Å². The van der Waals surface area contributed by atoms with Crippen molar-refractivity contribution in [3.8, 4) is 5.75 Å². The second kappa shape index (κ2) is 4.70. The van der Waals surface area contributed by atoms with Gasteiger partial charge in [-0.2, -0.15) is 8.78 Å². The lowest BCUT2D eigenvalue weighted by Gasteiger charge is -2.10. The normalized spacial score (nSPS) is 10.5. The third-order valence-electron chi connectivity index (χ3n) is 1.86. The quantitative estimate of drug-likeness (QED) is 0.791. The maximum atomic E-state index is 12.1. The molecule has 0 spiro atoms. The standard InChI is InChI=1S/C10H9BrF2O2/c1-5-3-9(15-10(12)13)7(6(2)14)4-8(5)11/h3-4,10H,1-2H3. The molecule has 0 aliphatic carbocycles. The summed E-state index contributed by atoms with van der Waals surface area (Å²) in [5.41, 5.74) is 0.878. The van der Waals surface area contributed by atoms with Gasteiger partial charge in [-0.15, -0.1) is 0 Å². The molecule has 0 aliphatic rings. The second-order valence-corrected chi connectivity index (χ2v) is 3.89. The summed E-state index contributed by atoms with van der Waals surface area (Å²) in [7, 11) is 0. The predicted molar refractivity (Wildman–Crippen MR) is 55.5 cm³/mol. The van der Waals surface area contributed by atoms with Crippen molar-refractivity contribution in [3.63, 3.8) is 0 Å². The summed E-state index contributed by atoms with van der Waals surface area (Å²) >= 11 is 3.22. The highest BCUT2D eigenvalue weighted by molar-refractivity contribution is 9.10. The molecule has 5 heteroatoms. The largest absolute Gasteiger partial charge is 0.434 e. The molecule has 82 valence electrons. The second-order valence-electron chi connectivity index (χ2n) is 3.03. The fourth-order valence-electron chi connectivity index (χ4n) is 1.12. The summed E-state index contributed by atoms with van der Waals surface area (Å²) in [6.07, 6.45) is 0. The van der Waals surface area contributed by atoms with Crippen molar-refractivity contribution in [1.82, 2.24) is 0 Å². The van der Waals surface area contributed by atoms with Crippen LogP contribution >= 0.6 is 15.9 Å². The number of rotatable bonds is 3. The van der Waals surface area contributed by atoms with Gasteiger partial charge in [0.25, 0.3) is 0 Å². The number of alkyl halides is 2. The summed E-state index contributed by atoms with van der Waals surface area (Å²) in [5.74, 6) is -0.399. The monoisotopic (exact) mass is 278 g/mol. The van der Waals surface area contributed by atoms with Gasteiger partial charge in [-0.3, -0.25) is 4.79 Å². The van der Waals surface area contributed by atoms with Crippen molar-refractivity contribution in [3.05, 3.63) is 27.7 Å². The van der Waals surface area contributed by atoms with E-state index in [2.05, 4.69) is 20.7 Å². The number of ketones is 1. The van der Waals surface area contributed by atoms with Crippen molar-refractivity contribution in [2.45, 2.75) is 20.5 Å². The maximum Gasteiger partial charge on any atom is 0.387 e. The molecule has 0 saturated carbocycles. The number of ether oxygens (including phenoxy) is 1. The van der Waals surface area contributed by atoms with Crippen molar-refractivity contribution in [2.75, 3.05) is 0 Å². The van der Waals surface area contributed by atoms with E-state index in [0.29, 0.717) is 4.47 Å². The van der Waals surface area contributed by atoms with Gasteiger partial charge >= 0.3 is 6.61 Å². The summed E-state index contributed by atoms with van der Waals surface area (Å²) in [6, 6.07) is 2.89. The molecule has 0 radical (unpaired) electrons. The van der Waals surface area contributed by atoms with E-state index in [9.17, 15) is 13.6 Å². The minimum Gasteiger partial charge on any atom is -0.434 e. The molecule has 0 bridgehead atoms. The van der Waals surface area contributed by atoms with Crippen LogP contribution in [0.15, 0.2) is 16.6 Å². The van der Waals surface area contributed by atoms with Crippen LogP contribution in [-0.4, -0.2) is 12.4 Å². The van der Waals surface area contributed by atoms with E-state index in [1.165, 1.54) is 19.1 Å². The van der Waals surface area contributed by atoms with Gasteiger partial charge in [0, 0.05) is 4.47 Å². The van der Waals surface area contributed by atoms with E-state index >= 15 is 0 Å². The third kappa shape index (κ3) is 2.99. The van der Waals surface area contributed by atoms with Crippen LogP contribution in [-0.2, 0) is 0 Å². The molecular weight excluding hydrogens is 270 g/mol. The fraction of sp³-hybridized carbons (Fsp3) is 0.300. The first-order valence-corrected chi connectivity index (χ1v) is 4.97. The van der Waals surface area contributed by atoms with Crippen LogP contribution in [0.3, 0.4) is 0 Å². The lowest BCUT2D eigenvalue weighted by Crippen LogP contribution is -2.07. The molecule has 0 fully saturated rings. The zero-order chi connectivity index (χ0) is 11.6. The molecule has 0 unspecified atom stereocenters. The lowest BCUT2D eigenvalue weighted by molar-refractivity contribution is -0.0501. The Morgan fingerprint density at radius 1 is 1.47 bits per heavy atom. The van der Waals surface area contributed by atoms with E-state index in [1.54, 1.807) is 6.92 Å². The minimum atomic E-state index is -2.93. The molecule has 0 aromatic heterocycles. The van der Waals surface area contributed by atoms with Crippen LogP contribution in [0.1, 0.15) is 22.8 Å². The highest BCUT2D eigenvalue weighted by Gasteiger charge is 2.14. The number of Topliss-reactive ketones (excluding diaryl/α,β-unsaturated/α-hetero) is 1. The van der Waals surface area contributed by atoms with Crippen LogP contribution in [0.5, 0.6) is 5.75 Å². The van der Waals surface area contributed by atoms with Crippen LogP contribution in [0.2, 0.25) is 0 Å². The molecule has 0 heterocycles. The average molecular weight is 279 g/mol. The predicted octanol–water partition coefficient (Wildman–Crippen LogP) is 3.56. The van der Waals surface area contributed by atoms with Crippen molar-refractivity contribution in [1.29, 1.82) is 0 Å². The molecule has 1 rings (SSSR count). The van der Waals surface area contributed by atoms with Crippen LogP contribution in [0, 0.1) is 6.92 Å². The number of benzene rings is 1. The van der Waals surface area contributed by atoms with Crippen LogP contribution < -0.4 is 4.74 Å². The first-order chi connectivity index (χ1) is 6.91. The number of aryl methyl sites for hydroxylation is 1. The molecule has 0 N–H and O–H groups in total. The van der Waals surface area contributed by atoms with Gasteiger partial charge in [0.15, 0.2) is 5.78 Å². The van der Waals surface area contributed by atoms with Gasteiger partial charge in [0.1, 0.15) is 5.75 Å². The van der Waals surface area contributed by atoms with E-state index < -0.39 is 6.61 Å². The molecular formula is C10H9BrF2O2. The molecule has 0 aliphatic heterocycles. The smallest absolute Gasteiger partial charge is 0.387 e. The van der Waals surface area contributed by atoms with E-state index in [-0.39, 0.29) is 17.1 Å². The van der Waals surface area contributed by atoms with E-state index in [0.717, 1.165) is 5.56 Å². The van der Waals surface area contributed by atoms with Gasteiger partial charge in [-0.05, 0) is 31.5 Å². The first-order valence-electron chi connectivity index (χ1n) is 4.17. The van der Waals surface area contributed by atoms with Crippen molar-refractivity contribution >= 4 is 21.7 Å². The highest BCUT2D eigenvalue weighted by Crippen LogP contribution is 2.28. The summed E-state index contributed by atoms with van der Waals surface area (Å²) in [6.45, 7) is 0.102. The third-order valence-corrected chi connectivity index (χ3v) is 2.71. The van der Waals surface area contributed by atoms with Crippen molar-refractivity contribution < 1.29 is 18.3 Å². The average Bonchev–Trinajstić information content (AvgIpc) is 2.09. The Labute approximate surface area is 94.4 Å². The van der Waals surface area contributed by atoms with Crippen LogP contribution in [0.25, 0.3) is 0 Å². The molecule has 1 aromatic rings. The molecule has 2 nitrogen and oxygen atoms in total. The fourth-order valence-corrected chi connectivity index (χ4v) is 1.47. The van der Waals surface area contributed by atoms with Crippen molar-refractivity contribution in [2.24, 2.45) is 0 Å². The SMILES string of the molecule is CC(=O)c1cc(Br)c(C)cc1OC(F)F.